The van der Waals surface area contributed by atoms with Crippen molar-refractivity contribution in [3.8, 4) is 17.2 Å². The highest BCUT2D eigenvalue weighted by atomic mass is 16.6. The van der Waals surface area contributed by atoms with Gasteiger partial charge in [-0.1, -0.05) is 19.3 Å². The van der Waals surface area contributed by atoms with E-state index in [1.165, 1.54) is 13.5 Å². The van der Waals surface area contributed by atoms with Crippen LogP contribution in [0.2, 0.25) is 0 Å². The van der Waals surface area contributed by atoms with E-state index in [0.29, 0.717) is 28.4 Å². The summed E-state index contributed by atoms with van der Waals surface area (Å²) in [7, 11) is 3.05. The standard InChI is InChI=1S/C23H26N2O5/c1-28-19-11-9-18(10-12-19)23(27)30-20-13-8-16(14-21(20)29-2)15-24-25-22(26)17-6-4-3-5-7-17/h8-15,17H,3-7H2,1-2H3,(H,25,26)/b24-15-. The summed E-state index contributed by atoms with van der Waals surface area (Å²) in [5.74, 6) is 0.842. The zero-order chi connectivity index (χ0) is 21.3. The van der Waals surface area contributed by atoms with Gasteiger partial charge in [0.25, 0.3) is 0 Å². The molecule has 0 aromatic heterocycles. The Bertz CT molecular complexity index is 902. The van der Waals surface area contributed by atoms with Gasteiger partial charge in [0.05, 0.1) is 26.0 Å². The van der Waals surface area contributed by atoms with Crippen molar-refractivity contribution in [2.24, 2.45) is 11.0 Å². The van der Waals surface area contributed by atoms with Gasteiger partial charge in [0, 0.05) is 5.92 Å². The van der Waals surface area contributed by atoms with Crippen LogP contribution in [0, 0.1) is 5.92 Å². The number of hydrogen-bond acceptors (Lipinski definition) is 6. The molecule has 2 aromatic rings. The number of rotatable bonds is 7. The summed E-state index contributed by atoms with van der Waals surface area (Å²) in [5, 5.41) is 4.05. The molecule has 0 bridgehead atoms. The Kier molecular flexibility index (Phi) is 7.43. The van der Waals surface area contributed by atoms with Crippen LogP contribution in [0.3, 0.4) is 0 Å². The number of nitrogens with one attached hydrogen (secondary N) is 1. The zero-order valence-electron chi connectivity index (χ0n) is 17.2. The molecule has 0 saturated heterocycles. The molecule has 30 heavy (non-hydrogen) atoms. The molecule has 7 heteroatoms. The highest BCUT2D eigenvalue weighted by Gasteiger charge is 2.20. The van der Waals surface area contributed by atoms with E-state index < -0.39 is 5.97 Å². The molecular weight excluding hydrogens is 384 g/mol. The van der Waals surface area contributed by atoms with E-state index in [4.69, 9.17) is 14.2 Å². The minimum atomic E-state index is -0.503. The molecule has 0 atom stereocenters. The number of carbonyl (C=O) groups is 2. The van der Waals surface area contributed by atoms with E-state index in [-0.39, 0.29) is 11.8 Å². The summed E-state index contributed by atoms with van der Waals surface area (Å²) in [6, 6.07) is 11.7. The topological polar surface area (TPSA) is 86.2 Å². The van der Waals surface area contributed by atoms with Gasteiger partial charge >= 0.3 is 5.97 Å². The van der Waals surface area contributed by atoms with Gasteiger partial charge in [-0.2, -0.15) is 5.10 Å². The van der Waals surface area contributed by atoms with Gasteiger partial charge in [0.2, 0.25) is 5.91 Å². The summed E-state index contributed by atoms with van der Waals surface area (Å²) < 4.78 is 15.9. The number of hydrogen-bond donors (Lipinski definition) is 1. The number of nitrogens with zero attached hydrogens (tertiary/aromatic N) is 1. The van der Waals surface area contributed by atoms with Crippen molar-refractivity contribution in [1.82, 2.24) is 5.43 Å². The van der Waals surface area contributed by atoms with Gasteiger partial charge in [-0.05, 0) is 60.9 Å². The molecule has 0 radical (unpaired) electrons. The molecule has 1 aliphatic rings. The van der Waals surface area contributed by atoms with Crippen LogP contribution in [0.25, 0.3) is 0 Å². The number of amides is 1. The third-order valence-electron chi connectivity index (χ3n) is 5.08. The quantitative estimate of drug-likeness (QED) is 0.323. The lowest BCUT2D eigenvalue weighted by Crippen LogP contribution is -2.28. The van der Waals surface area contributed by atoms with Crippen molar-refractivity contribution in [1.29, 1.82) is 0 Å². The number of benzene rings is 2. The lowest BCUT2D eigenvalue weighted by molar-refractivity contribution is -0.125. The lowest BCUT2D eigenvalue weighted by atomic mass is 9.89. The molecule has 1 saturated carbocycles. The Labute approximate surface area is 176 Å². The molecule has 1 N–H and O–H groups in total. The van der Waals surface area contributed by atoms with Gasteiger partial charge in [0.15, 0.2) is 11.5 Å². The van der Waals surface area contributed by atoms with E-state index in [9.17, 15) is 9.59 Å². The fourth-order valence-electron chi connectivity index (χ4n) is 3.36. The SMILES string of the molecule is COc1ccc(C(=O)Oc2ccc(/C=N\NC(=O)C3CCCCC3)cc2OC)cc1. The molecule has 0 unspecified atom stereocenters. The monoisotopic (exact) mass is 410 g/mol. The Balaban J connectivity index is 1.62. The minimum Gasteiger partial charge on any atom is -0.497 e. The highest BCUT2D eigenvalue weighted by molar-refractivity contribution is 5.92. The van der Waals surface area contributed by atoms with E-state index in [0.717, 1.165) is 25.7 Å². The van der Waals surface area contributed by atoms with E-state index >= 15 is 0 Å². The van der Waals surface area contributed by atoms with Crippen LogP contribution < -0.4 is 19.6 Å². The Morgan fingerprint density at radius 1 is 0.967 bits per heavy atom. The van der Waals surface area contributed by atoms with Crippen molar-refractivity contribution in [2.45, 2.75) is 32.1 Å². The third kappa shape index (κ3) is 5.59. The maximum Gasteiger partial charge on any atom is 0.343 e. The van der Waals surface area contributed by atoms with Crippen molar-refractivity contribution in [3.05, 3.63) is 53.6 Å². The number of methoxy groups -OCH3 is 2. The molecule has 0 heterocycles. The van der Waals surface area contributed by atoms with E-state index in [1.807, 2.05) is 0 Å². The van der Waals surface area contributed by atoms with Crippen LogP contribution in [0.1, 0.15) is 48.0 Å². The summed E-state index contributed by atoms with van der Waals surface area (Å²) >= 11 is 0. The van der Waals surface area contributed by atoms with Crippen LogP contribution in [0.4, 0.5) is 0 Å². The van der Waals surface area contributed by atoms with Gasteiger partial charge < -0.3 is 14.2 Å². The molecule has 2 aromatic carbocycles. The minimum absolute atomic E-state index is 0.0389. The Morgan fingerprint density at radius 3 is 2.37 bits per heavy atom. The first-order valence-corrected chi connectivity index (χ1v) is 9.98. The molecule has 3 rings (SSSR count). The van der Waals surface area contributed by atoms with Crippen molar-refractivity contribution >= 4 is 18.1 Å². The van der Waals surface area contributed by atoms with Crippen molar-refractivity contribution < 1.29 is 23.8 Å². The van der Waals surface area contributed by atoms with Crippen LogP contribution >= 0.6 is 0 Å². The second-order valence-electron chi connectivity index (χ2n) is 7.10. The maximum atomic E-state index is 12.4. The first kappa shape index (κ1) is 21.4. The predicted octanol–water partition coefficient (Wildman–Crippen LogP) is 3.95. The lowest BCUT2D eigenvalue weighted by Gasteiger charge is -2.19. The molecule has 1 amide bonds. The molecular formula is C23H26N2O5. The molecule has 158 valence electrons. The van der Waals surface area contributed by atoms with Gasteiger partial charge in [-0.3, -0.25) is 4.79 Å². The molecule has 0 spiro atoms. The van der Waals surface area contributed by atoms with Crippen LogP contribution in [0.15, 0.2) is 47.6 Å². The Hall–Kier alpha value is -3.35. The summed E-state index contributed by atoms with van der Waals surface area (Å²) in [4.78, 5) is 24.5. The van der Waals surface area contributed by atoms with Crippen molar-refractivity contribution in [2.75, 3.05) is 14.2 Å². The smallest absolute Gasteiger partial charge is 0.343 e. The number of esters is 1. The molecule has 1 fully saturated rings. The first-order chi connectivity index (χ1) is 14.6. The van der Waals surface area contributed by atoms with Gasteiger partial charge in [-0.25, -0.2) is 10.2 Å². The van der Waals surface area contributed by atoms with Gasteiger partial charge in [0.1, 0.15) is 5.75 Å². The second-order valence-corrected chi connectivity index (χ2v) is 7.10. The average molecular weight is 410 g/mol. The molecule has 7 nitrogen and oxygen atoms in total. The average Bonchev–Trinajstić information content (AvgIpc) is 2.80. The van der Waals surface area contributed by atoms with Crippen LogP contribution in [-0.2, 0) is 4.79 Å². The zero-order valence-corrected chi connectivity index (χ0v) is 17.2. The van der Waals surface area contributed by atoms with Crippen molar-refractivity contribution in [3.63, 3.8) is 0 Å². The fourth-order valence-corrected chi connectivity index (χ4v) is 3.36. The van der Waals surface area contributed by atoms with Crippen LogP contribution in [0.5, 0.6) is 17.2 Å². The second kappa shape index (κ2) is 10.4. The van der Waals surface area contributed by atoms with Gasteiger partial charge in [-0.15, -0.1) is 0 Å². The normalized spacial score (nSPS) is 14.3. The molecule has 0 aliphatic heterocycles. The first-order valence-electron chi connectivity index (χ1n) is 9.98. The number of ether oxygens (including phenoxy) is 3. The van der Waals surface area contributed by atoms with E-state index in [1.54, 1.807) is 55.8 Å². The summed E-state index contributed by atoms with van der Waals surface area (Å²) in [6.45, 7) is 0. The number of hydrazone groups is 1. The molecule has 1 aliphatic carbocycles. The highest BCUT2D eigenvalue weighted by Crippen LogP contribution is 2.28. The Morgan fingerprint density at radius 2 is 1.70 bits per heavy atom. The number of carbonyl (C=O) groups excluding carboxylic acids is 2. The summed E-state index contributed by atoms with van der Waals surface area (Å²) in [6.07, 6.45) is 6.76. The largest absolute Gasteiger partial charge is 0.497 e. The van der Waals surface area contributed by atoms with E-state index in [2.05, 4.69) is 10.5 Å². The van der Waals surface area contributed by atoms with Crippen LogP contribution in [-0.4, -0.2) is 32.3 Å². The third-order valence-corrected chi connectivity index (χ3v) is 5.08. The summed E-state index contributed by atoms with van der Waals surface area (Å²) in [5.41, 5.74) is 3.72. The predicted molar refractivity (Wildman–Crippen MR) is 113 cm³/mol. The maximum absolute atomic E-state index is 12.4. The fraction of sp³-hybridized carbons (Fsp3) is 0.348.